The lowest BCUT2D eigenvalue weighted by Crippen LogP contribution is -2.48. The third kappa shape index (κ3) is 3.20. The molecule has 6 nitrogen and oxygen atoms in total. The Morgan fingerprint density at radius 1 is 1.12 bits per heavy atom. The molecule has 2 aromatic heterocycles. The number of carbonyl (C=O) groups excluding carboxylic acids is 1. The molecular formula is C20H22N4O2. The van der Waals surface area contributed by atoms with Gasteiger partial charge in [-0.05, 0) is 25.5 Å². The van der Waals surface area contributed by atoms with Gasteiger partial charge in [0, 0.05) is 38.4 Å². The van der Waals surface area contributed by atoms with Gasteiger partial charge in [-0.1, -0.05) is 35.5 Å². The van der Waals surface area contributed by atoms with Gasteiger partial charge >= 0.3 is 0 Å². The normalized spacial score (nSPS) is 15.5. The fourth-order valence-corrected chi connectivity index (χ4v) is 3.51. The lowest BCUT2D eigenvalue weighted by Gasteiger charge is -2.35. The molecule has 3 aromatic rings. The number of aryl methyl sites for hydroxylation is 2. The molecule has 1 aromatic carbocycles. The number of pyridine rings is 1. The van der Waals surface area contributed by atoms with Gasteiger partial charge < -0.3 is 9.42 Å². The zero-order valence-electron chi connectivity index (χ0n) is 15.1. The zero-order valence-corrected chi connectivity index (χ0v) is 15.1. The first kappa shape index (κ1) is 16.7. The third-order valence-electron chi connectivity index (χ3n) is 4.88. The van der Waals surface area contributed by atoms with Gasteiger partial charge in [-0.25, -0.2) is 4.98 Å². The van der Waals surface area contributed by atoms with Gasteiger partial charge in [0.15, 0.2) is 0 Å². The number of aromatic nitrogens is 2. The number of fused-ring (bicyclic) bond motifs is 1. The zero-order chi connectivity index (χ0) is 18.1. The van der Waals surface area contributed by atoms with Gasteiger partial charge in [-0.3, -0.25) is 9.69 Å². The molecule has 3 heterocycles. The predicted molar refractivity (Wildman–Crippen MR) is 98.9 cm³/mol. The van der Waals surface area contributed by atoms with Gasteiger partial charge in [0.25, 0.3) is 11.6 Å². The van der Waals surface area contributed by atoms with Crippen LogP contribution in [0.15, 0.2) is 40.9 Å². The summed E-state index contributed by atoms with van der Waals surface area (Å²) < 4.78 is 5.25. The highest BCUT2D eigenvalue weighted by atomic mass is 16.5. The largest absolute Gasteiger partial charge is 0.336 e. The molecule has 1 aliphatic heterocycles. The summed E-state index contributed by atoms with van der Waals surface area (Å²) in [6.07, 6.45) is 0. The summed E-state index contributed by atoms with van der Waals surface area (Å²) in [5.41, 5.74) is 3.86. The summed E-state index contributed by atoms with van der Waals surface area (Å²) in [4.78, 5) is 21.7. The van der Waals surface area contributed by atoms with Crippen LogP contribution in [0.4, 0.5) is 0 Å². The third-order valence-corrected chi connectivity index (χ3v) is 4.88. The lowest BCUT2D eigenvalue weighted by atomic mass is 10.1. The van der Waals surface area contributed by atoms with Gasteiger partial charge in [0.05, 0.1) is 16.6 Å². The van der Waals surface area contributed by atoms with Crippen molar-refractivity contribution >= 4 is 17.0 Å². The lowest BCUT2D eigenvalue weighted by molar-refractivity contribution is 0.0630. The van der Waals surface area contributed by atoms with Crippen LogP contribution < -0.4 is 0 Å². The van der Waals surface area contributed by atoms with Crippen molar-refractivity contribution in [1.82, 2.24) is 19.9 Å². The van der Waals surface area contributed by atoms with Crippen molar-refractivity contribution in [3.63, 3.8) is 0 Å². The molecule has 0 unspecified atom stereocenters. The van der Waals surface area contributed by atoms with E-state index in [4.69, 9.17) is 4.52 Å². The van der Waals surface area contributed by atoms with Crippen LogP contribution in [0.1, 0.15) is 27.3 Å². The average Bonchev–Trinajstić information content (AvgIpc) is 3.03. The summed E-state index contributed by atoms with van der Waals surface area (Å²) in [6, 6.07) is 12.3. The molecule has 1 fully saturated rings. The summed E-state index contributed by atoms with van der Waals surface area (Å²) in [6.45, 7) is 7.82. The molecule has 26 heavy (non-hydrogen) atoms. The molecule has 0 saturated carbocycles. The molecule has 4 rings (SSSR count). The van der Waals surface area contributed by atoms with Crippen molar-refractivity contribution < 1.29 is 9.32 Å². The van der Waals surface area contributed by atoms with E-state index in [1.165, 1.54) is 5.56 Å². The first-order chi connectivity index (χ1) is 12.6. The number of rotatable bonds is 3. The maximum atomic E-state index is 13.1. The second-order valence-corrected chi connectivity index (χ2v) is 6.81. The van der Waals surface area contributed by atoms with Crippen LogP contribution in [0.3, 0.4) is 0 Å². The highest BCUT2D eigenvalue weighted by molar-refractivity contribution is 6.06. The molecule has 0 bridgehead atoms. The van der Waals surface area contributed by atoms with E-state index in [-0.39, 0.29) is 5.91 Å². The van der Waals surface area contributed by atoms with Crippen molar-refractivity contribution in [2.45, 2.75) is 20.4 Å². The minimum Gasteiger partial charge on any atom is -0.336 e. The van der Waals surface area contributed by atoms with Crippen LogP contribution >= 0.6 is 0 Å². The Labute approximate surface area is 152 Å². The minimum absolute atomic E-state index is 0.0335. The fraction of sp³-hybridized carbons (Fsp3) is 0.350. The number of amides is 1. The van der Waals surface area contributed by atoms with Gasteiger partial charge in [-0.15, -0.1) is 0 Å². The summed E-state index contributed by atoms with van der Waals surface area (Å²) >= 11 is 0. The quantitative estimate of drug-likeness (QED) is 0.727. The van der Waals surface area contributed by atoms with Crippen LogP contribution in [0.25, 0.3) is 11.1 Å². The maximum Gasteiger partial charge on any atom is 0.258 e. The van der Waals surface area contributed by atoms with E-state index in [1.54, 1.807) is 0 Å². The Morgan fingerprint density at radius 3 is 2.58 bits per heavy atom. The topological polar surface area (TPSA) is 62.5 Å². The molecule has 0 radical (unpaired) electrons. The van der Waals surface area contributed by atoms with Crippen molar-refractivity contribution in [1.29, 1.82) is 0 Å². The smallest absolute Gasteiger partial charge is 0.258 e. The highest BCUT2D eigenvalue weighted by Gasteiger charge is 2.25. The monoisotopic (exact) mass is 350 g/mol. The second kappa shape index (κ2) is 6.88. The number of carbonyl (C=O) groups is 1. The first-order valence-corrected chi connectivity index (χ1v) is 8.91. The minimum atomic E-state index is 0.0335. The Morgan fingerprint density at radius 2 is 1.85 bits per heavy atom. The Balaban J connectivity index is 1.48. The van der Waals surface area contributed by atoms with E-state index in [0.29, 0.717) is 17.0 Å². The SMILES string of the molecule is Cc1cc(C(=O)N2CCN(Cc3ccccc3)CC2)c2c(C)noc2n1. The van der Waals surface area contributed by atoms with Gasteiger partial charge in [0.1, 0.15) is 0 Å². The highest BCUT2D eigenvalue weighted by Crippen LogP contribution is 2.23. The van der Waals surface area contributed by atoms with Gasteiger partial charge in [-0.2, -0.15) is 0 Å². The van der Waals surface area contributed by atoms with Crippen LogP contribution in [0, 0.1) is 13.8 Å². The van der Waals surface area contributed by atoms with Crippen molar-refractivity contribution in [3.05, 3.63) is 58.9 Å². The standard InChI is InChI=1S/C20H22N4O2/c1-14-12-17(18-15(2)22-26-19(18)21-14)20(25)24-10-8-23(9-11-24)13-16-6-4-3-5-7-16/h3-7,12H,8-11,13H2,1-2H3. The molecular weight excluding hydrogens is 328 g/mol. The molecule has 1 saturated heterocycles. The van der Waals surface area contributed by atoms with E-state index in [1.807, 2.05) is 30.9 Å². The second-order valence-electron chi connectivity index (χ2n) is 6.81. The van der Waals surface area contributed by atoms with Gasteiger partial charge in [0.2, 0.25) is 0 Å². The molecule has 0 aliphatic carbocycles. The number of hydrogen-bond donors (Lipinski definition) is 0. The number of hydrogen-bond acceptors (Lipinski definition) is 5. The van der Waals surface area contributed by atoms with E-state index < -0.39 is 0 Å². The average molecular weight is 350 g/mol. The molecule has 1 aliphatic rings. The number of benzene rings is 1. The predicted octanol–water partition coefficient (Wildman–Crippen LogP) is 2.80. The number of nitrogens with zero attached hydrogens (tertiary/aromatic N) is 4. The molecule has 134 valence electrons. The van der Waals surface area contributed by atoms with Crippen LogP contribution in [-0.4, -0.2) is 52.0 Å². The Bertz CT molecular complexity index is 928. The summed E-state index contributed by atoms with van der Waals surface area (Å²) in [5.74, 6) is 0.0335. The van der Waals surface area contributed by atoms with E-state index in [9.17, 15) is 4.79 Å². The Kier molecular flexibility index (Phi) is 4.42. The molecule has 6 heteroatoms. The molecule has 0 spiro atoms. The molecule has 0 N–H and O–H groups in total. The summed E-state index contributed by atoms with van der Waals surface area (Å²) in [5, 5.41) is 4.70. The summed E-state index contributed by atoms with van der Waals surface area (Å²) in [7, 11) is 0. The van der Waals surface area contributed by atoms with Crippen LogP contribution in [-0.2, 0) is 6.54 Å². The van der Waals surface area contributed by atoms with Crippen LogP contribution in [0.2, 0.25) is 0 Å². The van der Waals surface area contributed by atoms with E-state index >= 15 is 0 Å². The Hall–Kier alpha value is -2.73. The molecule has 1 amide bonds. The van der Waals surface area contributed by atoms with Crippen molar-refractivity contribution in [2.75, 3.05) is 26.2 Å². The van der Waals surface area contributed by atoms with E-state index in [0.717, 1.165) is 43.8 Å². The molecule has 0 atom stereocenters. The van der Waals surface area contributed by atoms with Crippen LogP contribution in [0.5, 0.6) is 0 Å². The van der Waals surface area contributed by atoms with E-state index in [2.05, 4.69) is 39.3 Å². The van der Waals surface area contributed by atoms with Crippen molar-refractivity contribution in [2.24, 2.45) is 0 Å². The fourth-order valence-electron chi connectivity index (χ4n) is 3.51. The number of piperazine rings is 1. The maximum absolute atomic E-state index is 13.1. The van der Waals surface area contributed by atoms with Crippen molar-refractivity contribution in [3.8, 4) is 0 Å². The first-order valence-electron chi connectivity index (χ1n) is 8.91.